The van der Waals surface area contributed by atoms with Crippen molar-refractivity contribution in [2.24, 2.45) is 28.1 Å². The summed E-state index contributed by atoms with van der Waals surface area (Å²) >= 11 is 0. The van der Waals surface area contributed by atoms with Gasteiger partial charge in [-0.05, 0) is 81.6 Å². The summed E-state index contributed by atoms with van der Waals surface area (Å²) in [5.41, 5.74) is 4.63. The summed E-state index contributed by atoms with van der Waals surface area (Å²) < 4.78 is 0. The minimum atomic E-state index is -0.234. The Kier molecular flexibility index (Phi) is 6.97. The fraction of sp³-hybridized carbons (Fsp3) is 0.633. The molecule has 0 spiro atoms. The average Bonchev–Trinajstić information content (AvgIpc) is 2.96. The van der Waals surface area contributed by atoms with Gasteiger partial charge >= 0.3 is 0 Å². The molecule has 3 fully saturated rings. The van der Waals surface area contributed by atoms with Crippen molar-refractivity contribution in [1.29, 1.82) is 0 Å². The number of hydrogen-bond acceptors (Lipinski definition) is 2. The first-order valence-corrected chi connectivity index (χ1v) is 12.4. The smallest absolute Gasteiger partial charge is 0.160 e. The van der Waals surface area contributed by atoms with Crippen molar-refractivity contribution < 1.29 is 9.90 Å². The number of carbonyl (C=O) groups excluding carboxylic acids is 1. The molecule has 5 atom stereocenters. The highest BCUT2D eigenvalue weighted by Gasteiger charge is 2.64. The van der Waals surface area contributed by atoms with Crippen LogP contribution in [0.2, 0.25) is 0 Å². The minimum absolute atomic E-state index is 0.0583. The molecule has 176 valence electrons. The number of Topliss-reactive ketones (excluding diaryl/α,β-unsaturated/α-hetero) is 1. The van der Waals surface area contributed by atoms with E-state index in [0.29, 0.717) is 24.0 Å². The Labute approximate surface area is 196 Å². The maximum Gasteiger partial charge on any atom is 0.160 e. The third-order valence-corrected chi connectivity index (χ3v) is 9.15. The van der Waals surface area contributed by atoms with Crippen LogP contribution in [-0.4, -0.2) is 17.0 Å². The van der Waals surface area contributed by atoms with E-state index in [2.05, 4.69) is 91.8 Å². The summed E-state index contributed by atoms with van der Waals surface area (Å²) in [6.45, 7) is 17.6. The van der Waals surface area contributed by atoms with Crippen LogP contribution in [0.4, 0.5) is 0 Å². The molecule has 0 bridgehead atoms. The van der Waals surface area contributed by atoms with Gasteiger partial charge in [-0.25, -0.2) is 0 Å². The van der Waals surface area contributed by atoms with E-state index >= 15 is 0 Å². The van der Waals surface area contributed by atoms with Crippen molar-refractivity contribution in [1.82, 2.24) is 0 Å². The second-order valence-electron chi connectivity index (χ2n) is 12.0. The minimum Gasteiger partial charge on any atom is -0.393 e. The Morgan fingerprint density at radius 3 is 2.22 bits per heavy atom. The first kappa shape index (κ1) is 25.0. The van der Waals surface area contributed by atoms with E-state index in [1.807, 2.05) is 0 Å². The maximum atomic E-state index is 13.4. The van der Waals surface area contributed by atoms with E-state index in [4.69, 9.17) is 0 Å². The Morgan fingerprint density at radius 2 is 1.56 bits per heavy atom. The van der Waals surface area contributed by atoms with E-state index in [-0.39, 0.29) is 22.3 Å². The molecule has 2 heteroatoms. The average molecular weight is 437 g/mol. The Bertz CT molecular complexity index is 905. The monoisotopic (exact) mass is 436 g/mol. The molecule has 32 heavy (non-hydrogen) atoms. The van der Waals surface area contributed by atoms with Gasteiger partial charge in [0.25, 0.3) is 0 Å². The highest BCUT2D eigenvalue weighted by Crippen LogP contribution is 2.69. The standard InChI is InChI=1S/C30H44O2/c1-20(2)11-9-12-21(3)13-10-14-22(4)27-23(31)19-25-29(7)18-16-26(32)28(5,6)24(29)15-17-30(25,27)8/h9-14,24-26,32H,15-19H2,1-8H3. The highest BCUT2D eigenvalue weighted by molar-refractivity contribution is 6.00. The molecule has 0 aliphatic heterocycles. The maximum absolute atomic E-state index is 13.4. The number of aliphatic hydroxyl groups is 1. The van der Waals surface area contributed by atoms with Crippen LogP contribution in [0, 0.1) is 28.1 Å². The van der Waals surface area contributed by atoms with E-state index in [9.17, 15) is 9.90 Å². The molecule has 1 N–H and O–H groups in total. The summed E-state index contributed by atoms with van der Waals surface area (Å²) in [6, 6.07) is 0. The van der Waals surface area contributed by atoms with Crippen LogP contribution in [0.5, 0.6) is 0 Å². The van der Waals surface area contributed by atoms with Gasteiger partial charge < -0.3 is 5.11 Å². The van der Waals surface area contributed by atoms with Gasteiger partial charge in [0.15, 0.2) is 5.78 Å². The van der Waals surface area contributed by atoms with Crippen LogP contribution in [-0.2, 0) is 4.79 Å². The van der Waals surface area contributed by atoms with Gasteiger partial charge in [-0.1, -0.05) is 75.3 Å². The van der Waals surface area contributed by atoms with Crippen molar-refractivity contribution in [3.63, 3.8) is 0 Å². The zero-order valence-electron chi connectivity index (χ0n) is 21.6. The van der Waals surface area contributed by atoms with Gasteiger partial charge in [0, 0.05) is 17.4 Å². The first-order valence-electron chi connectivity index (χ1n) is 12.4. The van der Waals surface area contributed by atoms with E-state index in [0.717, 1.165) is 36.8 Å². The highest BCUT2D eigenvalue weighted by atomic mass is 16.3. The first-order chi connectivity index (χ1) is 14.8. The van der Waals surface area contributed by atoms with E-state index in [1.54, 1.807) is 0 Å². The molecule has 0 aromatic rings. The summed E-state index contributed by atoms with van der Waals surface area (Å²) in [4.78, 5) is 13.4. The van der Waals surface area contributed by atoms with Gasteiger partial charge in [0.1, 0.15) is 0 Å². The third-order valence-electron chi connectivity index (χ3n) is 9.15. The van der Waals surface area contributed by atoms with E-state index < -0.39 is 0 Å². The van der Waals surface area contributed by atoms with Gasteiger partial charge in [-0.3, -0.25) is 4.79 Å². The molecule has 0 heterocycles. The zero-order valence-corrected chi connectivity index (χ0v) is 21.6. The normalized spacial score (nSPS) is 38.7. The molecule has 0 radical (unpaired) electrons. The van der Waals surface area contributed by atoms with Crippen LogP contribution in [0.1, 0.15) is 87.5 Å². The molecule has 3 aliphatic carbocycles. The lowest BCUT2D eigenvalue weighted by molar-refractivity contribution is -0.157. The van der Waals surface area contributed by atoms with Crippen LogP contribution >= 0.6 is 0 Å². The fourth-order valence-electron chi connectivity index (χ4n) is 7.45. The Balaban J connectivity index is 1.89. The second-order valence-corrected chi connectivity index (χ2v) is 12.0. The largest absolute Gasteiger partial charge is 0.393 e. The number of aliphatic hydroxyl groups excluding tert-OH is 1. The number of rotatable bonds is 4. The number of fused-ring (bicyclic) bond motifs is 3. The molecule has 0 amide bonds. The molecule has 0 saturated heterocycles. The summed E-state index contributed by atoms with van der Waals surface area (Å²) in [6.07, 6.45) is 17.1. The summed E-state index contributed by atoms with van der Waals surface area (Å²) in [7, 11) is 0. The number of ketones is 1. The third kappa shape index (κ3) is 4.28. The van der Waals surface area contributed by atoms with Crippen molar-refractivity contribution in [3.8, 4) is 0 Å². The number of allylic oxidation sites excluding steroid dienone is 10. The summed E-state index contributed by atoms with van der Waals surface area (Å²) in [5.74, 6) is 1.18. The van der Waals surface area contributed by atoms with Gasteiger partial charge in [0.2, 0.25) is 0 Å². The molecule has 2 nitrogen and oxygen atoms in total. The molecule has 3 rings (SSSR count). The molecule has 5 unspecified atom stereocenters. The molecule has 3 aliphatic rings. The SMILES string of the molecule is CC(C)=CC=CC(C)=CC=CC(C)=C1C(=O)CC2C1(C)CCC1C(C)(C)C(O)CCC21C. The van der Waals surface area contributed by atoms with Crippen molar-refractivity contribution in [2.75, 3.05) is 0 Å². The number of hydrogen-bond donors (Lipinski definition) is 1. The molecule has 0 aromatic heterocycles. The predicted molar refractivity (Wildman–Crippen MR) is 135 cm³/mol. The quantitative estimate of drug-likeness (QED) is 0.365. The lowest BCUT2D eigenvalue weighted by Crippen LogP contribution is -2.57. The van der Waals surface area contributed by atoms with Gasteiger partial charge in [-0.15, -0.1) is 0 Å². The molecular weight excluding hydrogens is 392 g/mol. The van der Waals surface area contributed by atoms with Gasteiger partial charge in [-0.2, -0.15) is 0 Å². The molecule has 3 saturated carbocycles. The second kappa shape index (κ2) is 8.93. The van der Waals surface area contributed by atoms with Crippen LogP contribution in [0.25, 0.3) is 0 Å². The predicted octanol–water partition coefficient (Wildman–Crippen LogP) is 7.52. The lowest BCUT2D eigenvalue weighted by Gasteiger charge is -2.62. The number of carbonyl (C=O) groups is 1. The summed E-state index contributed by atoms with van der Waals surface area (Å²) in [5, 5.41) is 10.7. The van der Waals surface area contributed by atoms with Crippen molar-refractivity contribution in [3.05, 3.63) is 58.7 Å². The Morgan fingerprint density at radius 1 is 0.906 bits per heavy atom. The molecule has 0 aromatic carbocycles. The van der Waals surface area contributed by atoms with Crippen LogP contribution < -0.4 is 0 Å². The molecular formula is C30H44O2. The van der Waals surface area contributed by atoms with Crippen LogP contribution in [0.3, 0.4) is 0 Å². The fourth-order valence-corrected chi connectivity index (χ4v) is 7.45. The van der Waals surface area contributed by atoms with Gasteiger partial charge in [0.05, 0.1) is 6.10 Å². The van der Waals surface area contributed by atoms with Crippen molar-refractivity contribution >= 4 is 5.78 Å². The Hall–Kier alpha value is -1.67. The topological polar surface area (TPSA) is 37.3 Å². The lowest BCUT2D eigenvalue weighted by atomic mass is 9.43. The van der Waals surface area contributed by atoms with Crippen molar-refractivity contribution in [2.45, 2.75) is 93.6 Å². The van der Waals surface area contributed by atoms with E-state index in [1.165, 1.54) is 11.1 Å². The zero-order chi connectivity index (χ0) is 23.9. The van der Waals surface area contributed by atoms with Crippen LogP contribution in [0.15, 0.2) is 58.7 Å².